The summed E-state index contributed by atoms with van der Waals surface area (Å²) >= 11 is 1.73. The summed E-state index contributed by atoms with van der Waals surface area (Å²) in [7, 11) is 1.68. The number of rotatable bonds is 6. The first-order valence-corrected chi connectivity index (χ1v) is 8.90. The van der Waals surface area contributed by atoms with Gasteiger partial charge in [0.05, 0.1) is 12.7 Å². The van der Waals surface area contributed by atoms with E-state index in [2.05, 4.69) is 52.9 Å². The standard InChI is InChI=1S/C19H21N3OS/c1-4-22-18(16-12-8-9-13-17(16)23-3)20-21-19(22)24-14(2)15-10-6-5-7-11-15/h5-14H,4H2,1-3H3. The Labute approximate surface area is 146 Å². The van der Waals surface area contributed by atoms with Gasteiger partial charge in [-0.3, -0.25) is 0 Å². The molecule has 0 aliphatic carbocycles. The second-order valence-electron chi connectivity index (χ2n) is 5.42. The highest BCUT2D eigenvalue weighted by molar-refractivity contribution is 7.99. The minimum atomic E-state index is 0.311. The molecular weight excluding hydrogens is 318 g/mol. The van der Waals surface area contributed by atoms with Gasteiger partial charge in [0, 0.05) is 11.8 Å². The molecule has 0 bridgehead atoms. The van der Waals surface area contributed by atoms with Crippen LogP contribution in [0.4, 0.5) is 0 Å². The number of methoxy groups -OCH3 is 1. The summed E-state index contributed by atoms with van der Waals surface area (Å²) in [4.78, 5) is 0. The Kier molecular flexibility index (Phi) is 5.20. The fourth-order valence-electron chi connectivity index (χ4n) is 2.64. The van der Waals surface area contributed by atoms with Crippen LogP contribution in [0.2, 0.25) is 0 Å². The number of hydrogen-bond acceptors (Lipinski definition) is 4. The molecule has 1 heterocycles. The summed E-state index contributed by atoms with van der Waals surface area (Å²) in [5, 5.41) is 10.1. The predicted octanol–water partition coefficient (Wildman–Crippen LogP) is 4.83. The smallest absolute Gasteiger partial charge is 0.192 e. The average molecular weight is 339 g/mol. The van der Waals surface area contributed by atoms with E-state index in [1.54, 1.807) is 18.9 Å². The van der Waals surface area contributed by atoms with E-state index in [9.17, 15) is 0 Å². The van der Waals surface area contributed by atoms with Gasteiger partial charge in [-0.2, -0.15) is 0 Å². The molecule has 0 aliphatic heterocycles. The highest BCUT2D eigenvalue weighted by Crippen LogP contribution is 2.36. The Morgan fingerprint density at radius 2 is 1.75 bits per heavy atom. The van der Waals surface area contributed by atoms with Crippen LogP contribution in [0, 0.1) is 0 Å². The Morgan fingerprint density at radius 3 is 2.46 bits per heavy atom. The molecule has 4 nitrogen and oxygen atoms in total. The lowest BCUT2D eigenvalue weighted by molar-refractivity contribution is 0.416. The van der Waals surface area contributed by atoms with Gasteiger partial charge in [0.1, 0.15) is 5.75 Å². The second kappa shape index (κ2) is 7.53. The number of aromatic nitrogens is 3. The van der Waals surface area contributed by atoms with Crippen molar-refractivity contribution in [2.75, 3.05) is 7.11 Å². The minimum Gasteiger partial charge on any atom is -0.496 e. The zero-order valence-corrected chi connectivity index (χ0v) is 15.0. The summed E-state index contributed by atoms with van der Waals surface area (Å²) in [6.45, 7) is 5.11. The van der Waals surface area contributed by atoms with Crippen LogP contribution in [0.5, 0.6) is 5.75 Å². The van der Waals surface area contributed by atoms with Gasteiger partial charge in [-0.15, -0.1) is 10.2 Å². The van der Waals surface area contributed by atoms with Gasteiger partial charge >= 0.3 is 0 Å². The predicted molar refractivity (Wildman–Crippen MR) is 98.4 cm³/mol. The van der Waals surface area contributed by atoms with E-state index in [1.165, 1.54) is 5.56 Å². The van der Waals surface area contributed by atoms with Crippen LogP contribution in [0.1, 0.15) is 24.7 Å². The van der Waals surface area contributed by atoms with E-state index in [0.717, 1.165) is 28.8 Å². The quantitative estimate of drug-likeness (QED) is 0.603. The summed E-state index contributed by atoms with van der Waals surface area (Å²) in [6.07, 6.45) is 0. The lowest BCUT2D eigenvalue weighted by Gasteiger charge is -2.13. The van der Waals surface area contributed by atoms with Crippen molar-refractivity contribution >= 4 is 11.8 Å². The zero-order chi connectivity index (χ0) is 16.9. The lowest BCUT2D eigenvalue weighted by atomic mass is 10.2. The number of hydrogen-bond donors (Lipinski definition) is 0. The first kappa shape index (κ1) is 16.6. The lowest BCUT2D eigenvalue weighted by Crippen LogP contribution is -2.02. The van der Waals surface area contributed by atoms with Crippen molar-refractivity contribution in [3.05, 3.63) is 60.2 Å². The van der Waals surface area contributed by atoms with Crippen molar-refractivity contribution < 1.29 is 4.74 Å². The van der Waals surface area contributed by atoms with Gasteiger partial charge in [-0.05, 0) is 31.5 Å². The highest BCUT2D eigenvalue weighted by Gasteiger charge is 2.18. The molecule has 2 aromatic carbocycles. The summed E-state index contributed by atoms with van der Waals surface area (Å²) in [5.41, 5.74) is 2.25. The maximum absolute atomic E-state index is 5.47. The number of para-hydroxylation sites is 1. The maximum Gasteiger partial charge on any atom is 0.192 e. The van der Waals surface area contributed by atoms with Crippen molar-refractivity contribution in [1.82, 2.24) is 14.8 Å². The molecular formula is C19H21N3OS. The molecule has 5 heteroatoms. The van der Waals surface area contributed by atoms with Gasteiger partial charge in [0.25, 0.3) is 0 Å². The number of benzene rings is 2. The Balaban J connectivity index is 1.93. The summed E-state index contributed by atoms with van der Waals surface area (Å²) in [5.74, 6) is 1.66. The fourth-order valence-corrected chi connectivity index (χ4v) is 3.68. The van der Waals surface area contributed by atoms with Crippen LogP contribution in [0.15, 0.2) is 59.8 Å². The first-order chi connectivity index (χ1) is 11.7. The molecule has 0 radical (unpaired) electrons. The van der Waals surface area contributed by atoms with E-state index in [4.69, 9.17) is 4.74 Å². The molecule has 0 saturated carbocycles. The van der Waals surface area contributed by atoms with Gasteiger partial charge < -0.3 is 9.30 Å². The first-order valence-electron chi connectivity index (χ1n) is 8.02. The Hall–Kier alpha value is -2.27. The fraction of sp³-hybridized carbons (Fsp3) is 0.263. The van der Waals surface area contributed by atoms with Crippen molar-refractivity contribution in [2.45, 2.75) is 30.8 Å². The van der Waals surface area contributed by atoms with Crippen LogP contribution in [-0.4, -0.2) is 21.9 Å². The third-order valence-corrected chi connectivity index (χ3v) is 5.07. The number of nitrogens with zero attached hydrogens (tertiary/aromatic N) is 3. The Bertz CT molecular complexity index is 801. The van der Waals surface area contributed by atoms with Gasteiger partial charge in [0.15, 0.2) is 11.0 Å². The normalized spacial score (nSPS) is 12.1. The molecule has 1 unspecified atom stereocenters. The van der Waals surface area contributed by atoms with E-state index in [0.29, 0.717) is 5.25 Å². The van der Waals surface area contributed by atoms with Crippen molar-refractivity contribution in [3.63, 3.8) is 0 Å². The number of thioether (sulfide) groups is 1. The SMILES string of the molecule is CCn1c(SC(C)c2ccccc2)nnc1-c1ccccc1OC. The summed E-state index contributed by atoms with van der Waals surface area (Å²) < 4.78 is 7.61. The van der Waals surface area contributed by atoms with Crippen molar-refractivity contribution in [2.24, 2.45) is 0 Å². The minimum absolute atomic E-state index is 0.311. The molecule has 0 saturated heterocycles. The third kappa shape index (κ3) is 3.31. The molecule has 3 aromatic rings. The maximum atomic E-state index is 5.47. The van der Waals surface area contributed by atoms with E-state index < -0.39 is 0 Å². The van der Waals surface area contributed by atoms with E-state index >= 15 is 0 Å². The van der Waals surface area contributed by atoms with Crippen LogP contribution >= 0.6 is 11.8 Å². The van der Waals surface area contributed by atoms with Crippen LogP contribution < -0.4 is 4.74 Å². The van der Waals surface area contributed by atoms with Crippen LogP contribution in [0.3, 0.4) is 0 Å². The van der Waals surface area contributed by atoms with Crippen molar-refractivity contribution in [3.8, 4) is 17.1 Å². The molecule has 0 spiro atoms. The molecule has 0 N–H and O–H groups in total. The van der Waals surface area contributed by atoms with Gasteiger partial charge in [-0.25, -0.2) is 0 Å². The molecule has 24 heavy (non-hydrogen) atoms. The van der Waals surface area contributed by atoms with Gasteiger partial charge in [0.2, 0.25) is 0 Å². The molecule has 1 aromatic heterocycles. The molecule has 0 amide bonds. The zero-order valence-electron chi connectivity index (χ0n) is 14.1. The molecule has 0 fully saturated rings. The van der Waals surface area contributed by atoms with Crippen molar-refractivity contribution in [1.29, 1.82) is 0 Å². The second-order valence-corrected chi connectivity index (χ2v) is 6.73. The molecule has 1 atom stereocenters. The van der Waals surface area contributed by atoms with Gasteiger partial charge in [-0.1, -0.05) is 54.2 Å². The molecule has 3 rings (SSSR count). The van der Waals surface area contributed by atoms with E-state index in [1.807, 2.05) is 30.3 Å². The van der Waals surface area contributed by atoms with E-state index in [-0.39, 0.29) is 0 Å². The van der Waals surface area contributed by atoms with Crippen LogP contribution in [-0.2, 0) is 6.54 Å². The third-order valence-electron chi connectivity index (χ3n) is 3.93. The monoisotopic (exact) mass is 339 g/mol. The summed E-state index contributed by atoms with van der Waals surface area (Å²) in [6, 6.07) is 18.4. The Morgan fingerprint density at radius 1 is 1.04 bits per heavy atom. The average Bonchev–Trinajstić information content (AvgIpc) is 3.04. The topological polar surface area (TPSA) is 39.9 Å². The number of ether oxygens (including phenoxy) is 1. The highest BCUT2D eigenvalue weighted by atomic mass is 32.2. The molecule has 0 aliphatic rings. The largest absolute Gasteiger partial charge is 0.496 e. The van der Waals surface area contributed by atoms with Crippen LogP contribution in [0.25, 0.3) is 11.4 Å². The molecule has 124 valence electrons.